The Hall–Kier alpha value is -1.67. The number of aromatic nitrogens is 1. The van der Waals surface area contributed by atoms with Gasteiger partial charge in [0.05, 0.1) is 0 Å². The van der Waals surface area contributed by atoms with Crippen LogP contribution in [-0.2, 0) is 6.42 Å². The maximum absolute atomic E-state index is 4.35. The minimum Gasteiger partial charge on any atom is -0.261 e. The van der Waals surface area contributed by atoms with Crippen LogP contribution >= 0.6 is 11.3 Å². The van der Waals surface area contributed by atoms with E-state index < -0.39 is 0 Å². The SMILES string of the molecule is c1ccc(Cc2cc3ccccc3s2)nc1. The molecule has 78 valence electrons. The molecule has 0 aliphatic heterocycles. The van der Waals surface area contributed by atoms with Crippen molar-refractivity contribution >= 4 is 21.4 Å². The van der Waals surface area contributed by atoms with E-state index in [1.165, 1.54) is 15.0 Å². The van der Waals surface area contributed by atoms with Gasteiger partial charge in [0.2, 0.25) is 0 Å². The summed E-state index contributed by atoms with van der Waals surface area (Å²) in [6.45, 7) is 0. The Balaban J connectivity index is 1.95. The number of hydrogen-bond donors (Lipinski definition) is 0. The van der Waals surface area contributed by atoms with Gasteiger partial charge < -0.3 is 0 Å². The maximum atomic E-state index is 4.35. The summed E-state index contributed by atoms with van der Waals surface area (Å²) < 4.78 is 1.36. The molecule has 0 radical (unpaired) electrons. The molecule has 0 amide bonds. The highest BCUT2D eigenvalue weighted by atomic mass is 32.1. The van der Waals surface area contributed by atoms with Crippen LogP contribution in [0.1, 0.15) is 10.6 Å². The quantitative estimate of drug-likeness (QED) is 0.645. The van der Waals surface area contributed by atoms with Crippen molar-refractivity contribution < 1.29 is 0 Å². The van der Waals surface area contributed by atoms with E-state index in [1.54, 1.807) is 0 Å². The van der Waals surface area contributed by atoms with E-state index in [0.717, 1.165) is 12.1 Å². The van der Waals surface area contributed by atoms with Gasteiger partial charge in [-0.25, -0.2) is 0 Å². The lowest BCUT2D eigenvalue weighted by Crippen LogP contribution is -1.87. The molecule has 0 saturated heterocycles. The number of thiophene rings is 1. The van der Waals surface area contributed by atoms with Gasteiger partial charge >= 0.3 is 0 Å². The van der Waals surface area contributed by atoms with Gasteiger partial charge in [-0.05, 0) is 29.7 Å². The molecule has 1 nitrogen and oxygen atoms in total. The molecule has 0 bridgehead atoms. The van der Waals surface area contributed by atoms with Gasteiger partial charge in [-0.3, -0.25) is 4.98 Å². The first-order valence-electron chi connectivity index (χ1n) is 5.29. The van der Waals surface area contributed by atoms with Crippen molar-refractivity contribution in [3.63, 3.8) is 0 Å². The lowest BCUT2D eigenvalue weighted by molar-refractivity contribution is 1.10. The van der Waals surface area contributed by atoms with Crippen molar-refractivity contribution in [1.29, 1.82) is 0 Å². The van der Waals surface area contributed by atoms with Crippen LogP contribution in [0.5, 0.6) is 0 Å². The van der Waals surface area contributed by atoms with Crippen molar-refractivity contribution in [1.82, 2.24) is 4.98 Å². The molecule has 2 heterocycles. The fraction of sp³-hybridized carbons (Fsp3) is 0.0714. The van der Waals surface area contributed by atoms with Gasteiger partial charge in [-0.15, -0.1) is 11.3 Å². The summed E-state index contributed by atoms with van der Waals surface area (Å²) in [6.07, 6.45) is 2.78. The average molecular weight is 225 g/mol. The molecule has 0 N–H and O–H groups in total. The number of rotatable bonds is 2. The molecule has 1 aromatic carbocycles. The number of nitrogens with zero attached hydrogens (tertiary/aromatic N) is 1. The summed E-state index contributed by atoms with van der Waals surface area (Å²) in [5.41, 5.74) is 1.13. The van der Waals surface area contributed by atoms with E-state index in [1.807, 2.05) is 29.7 Å². The Kier molecular flexibility index (Phi) is 2.43. The molecule has 0 saturated carbocycles. The summed E-state index contributed by atoms with van der Waals surface area (Å²) in [7, 11) is 0. The van der Waals surface area contributed by atoms with Crippen molar-refractivity contribution in [3.05, 3.63) is 65.3 Å². The van der Waals surface area contributed by atoms with Gasteiger partial charge in [-0.1, -0.05) is 24.3 Å². The first-order chi connectivity index (χ1) is 7.92. The first kappa shape index (κ1) is 9.55. The van der Waals surface area contributed by atoms with Crippen LogP contribution in [0.3, 0.4) is 0 Å². The Morgan fingerprint density at radius 3 is 2.69 bits per heavy atom. The van der Waals surface area contributed by atoms with Crippen molar-refractivity contribution in [2.75, 3.05) is 0 Å². The molecular formula is C14H11NS. The molecule has 16 heavy (non-hydrogen) atoms. The third-order valence-electron chi connectivity index (χ3n) is 2.56. The molecule has 0 fully saturated rings. The monoisotopic (exact) mass is 225 g/mol. The third kappa shape index (κ3) is 1.84. The highest BCUT2D eigenvalue weighted by Crippen LogP contribution is 2.26. The molecule has 0 spiro atoms. The number of benzene rings is 1. The van der Waals surface area contributed by atoms with Crippen molar-refractivity contribution in [3.8, 4) is 0 Å². The van der Waals surface area contributed by atoms with Gasteiger partial charge in [0.25, 0.3) is 0 Å². The second-order valence-electron chi connectivity index (χ2n) is 3.75. The van der Waals surface area contributed by atoms with Gasteiger partial charge in [0.1, 0.15) is 0 Å². The van der Waals surface area contributed by atoms with Crippen LogP contribution < -0.4 is 0 Å². The topological polar surface area (TPSA) is 12.9 Å². The molecule has 0 aliphatic carbocycles. The molecule has 2 heteroatoms. The fourth-order valence-electron chi connectivity index (χ4n) is 1.81. The van der Waals surface area contributed by atoms with Gasteiger partial charge in [-0.2, -0.15) is 0 Å². The number of hydrogen-bond acceptors (Lipinski definition) is 2. The smallest absolute Gasteiger partial charge is 0.0455 e. The normalized spacial score (nSPS) is 10.8. The maximum Gasteiger partial charge on any atom is 0.0455 e. The number of fused-ring (bicyclic) bond motifs is 1. The molecule has 0 atom stereocenters. The van der Waals surface area contributed by atoms with E-state index in [0.29, 0.717) is 0 Å². The predicted molar refractivity (Wildman–Crippen MR) is 68.9 cm³/mol. The molecule has 0 unspecified atom stereocenters. The Labute approximate surface area is 98.4 Å². The highest BCUT2D eigenvalue weighted by Gasteiger charge is 2.02. The van der Waals surface area contributed by atoms with Crippen LogP contribution in [-0.4, -0.2) is 4.98 Å². The Morgan fingerprint density at radius 2 is 1.88 bits per heavy atom. The lowest BCUT2D eigenvalue weighted by Gasteiger charge is -1.95. The molecule has 3 rings (SSSR count). The van der Waals surface area contributed by atoms with Crippen LogP contribution in [0.15, 0.2) is 54.7 Å². The fourth-order valence-corrected chi connectivity index (χ4v) is 2.89. The molecular weight excluding hydrogens is 214 g/mol. The molecule has 2 aromatic heterocycles. The second-order valence-corrected chi connectivity index (χ2v) is 4.92. The van der Waals surface area contributed by atoms with Crippen LogP contribution in [0.25, 0.3) is 10.1 Å². The summed E-state index contributed by atoms with van der Waals surface area (Å²) in [4.78, 5) is 5.73. The van der Waals surface area contributed by atoms with E-state index in [4.69, 9.17) is 0 Å². The minimum absolute atomic E-state index is 0.931. The lowest BCUT2D eigenvalue weighted by atomic mass is 10.2. The summed E-state index contributed by atoms with van der Waals surface area (Å²) >= 11 is 1.85. The standard InChI is InChI=1S/C14H11NS/c1-2-7-14-11(5-1)9-13(16-14)10-12-6-3-4-8-15-12/h1-9H,10H2. The van der Waals surface area contributed by atoms with E-state index in [9.17, 15) is 0 Å². The first-order valence-corrected chi connectivity index (χ1v) is 6.11. The Morgan fingerprint density at radius 1 is 1.00 bits per heavy atom. The van der Waals surface area contributed by atoms with E-state index in [2.05, 4.69) is 41.4 Å². The molecule has 0 aliphatic rings. The van der Waals surface area contributed by atoms with Gasteiger partial charge in [0.15, 0.2) is 0 Å². The van der Waals surface area contributed by atoms with E-state index >= 15 is 0 Å². The summed E-state index contributed by atoms with van der Waals surface area (Å²) in [5, 5.41) is 1.33. The average Bonchev–Trinajstić information content (AvgIpc) is 2.72. The summed E-state index contributed by atoms with van der Waals surface area (Å²) in [5.74, 6) is 0. The second kappa shape index (κ2) is 4.06. The zero-order chi connectivity index (χ0) is 10.8. The number of pyridine rings is 1. The minimum atomic E-state index is 0.931. The zero-order valence-corrected chi connectivity index (χ0v) is 9.58. The van der Waals surface area contributed by atoms with E-state index in [-0.39, 0.29) is 0 Å². The zero-order valence-electron chi connectivity index (χ0n) is 8.76. The van der Waals surface area contributed by atoms with Crippen molar-refractivity contribution in [2.45, 2.75) is 6.42 Å². The summed E-state index contributed by atoms with van der Waals surface area (Å²) in [6, 6.07) is 16.8. The van der Waals surface area contributed by atoms with Crippen LogP contribution in [0.4, 0.5) is 0 Å². The van der Waals surface area contributed by atoms with Crippen LogP contribution in [0, 0.1) is 0 Å². The molecule has 3 aromatic rings. The Bertz CT molecular complexity index is 565. The predicted octanol–water partition coefficient (Wildman–Crippen LogP) is 3.89. The highest BCUT2D eigenvalue weighted by molar-refractivity contribution is 7.19. The van der Waals surface area contributed by atoms with Gasteiger partial charge in [0, 0.05) is 27.9 Å². The van der Waals surface area contributed by atoms with Crippen molar-refractivity contribution in [2.24, 2.45) is 0 Å². The van der Waals surface area contributed by atoms with Crippen LogP contribution in [0.2, 0.25) is 0 Å². The third-order valence-corrected chi connectivity index (χ3v) is 3.67. The largest absolute Gasteiger partial charge is 0.261 e.